The van der Waals surface area contributed by atoms with E-state index >= 15 is 0 Å². The molecule has 0 bridgehead atoms. The highest BCUT2D eigenvalue weighted by Gasteiger charge is 2.20. The van der Waals surface area contributed by atoms with Crippen LogP contribution in [0.3, 0.4) is 0 Å². The first-order valence-electron chi connectivity index (χ1n) is 4.82. The van der Waals surface area contributed by atoms with Gasteiger partial charge in [-0.2, -0.15) is 0 Å². The van der Waals surface area contributed by atoms with Crippen LogP contribution in [0.1, 0.15) is 40.0 Å². The van der Waals surface area contributed by atoms with Gasteiger partial charge in [-0.25, -0.2) is 0 Å². The summed E-state index contributed by atoms with van der Waals surface area (Å²) in [6.07, 6.45) is 2.24. The quantitative estimate of drug-likeness (QED) is 0.362. The first-order chi connectivity index (χ1) is 6.13. The fourth-order valence-electron chi connectivity index (χ4n) is 0.880. The van der Waals surface area contributed by atoms with Gasteiger partial charge in [-0.15, -0.1) is 0 Å². The van der Waals surface area contributed by atoms with Crippen LogP contribution in [0.5, 0.6) is 0 Å². The summed E-state index contributed by atoms with van der Waals surface area (Å²) >= 11 is 0. The molecule has 0 heterocycles. The summed E-state index contributed by atoms with van der Waals surface area (Å²) < 4.78 is 4.91. The third kappa shape index (κ3) is 4.65. The Labute approximate surface area is 79.5 Å². The molecule has 0 aromatic rings. The molecule has 1 unspecified atom stereocenters. The summed E-state index contributed by atoms with van der Waals surface area (Å²) in [5.41, 5.74) is 0. The highest BCUT2D eigenvalue weighted by molar-refractivity contribution is 5.98. The van der Waals surface area contributed by atoms with Gasteiger partial charge in [-0.1, -0.05) is 20.3 Å². The van der Waals surface area contributed by atoms with E-state index in [-0.39, 0.29) is 11.8 Å². The van der Waals surface area contributed by atoms with E-state index in [1.807, 2.05) is 6.92 Å². The molecular weight excluding hydrogens is 168 g/mol. The van der Waals surface area contributed by atoms with Gasteiger partial charge < -0.3 is 4.74 Å². The number of carbonyl (C=O) groups is 2. The fourth-order valence-corrected chi connectivity index (χ4v) is 0.880. The highest BCUT2D eigenvalue weighted by atomic mass is 16.5. The van der Waals surface area contributed by atoms with E-state index in [0.29, 0.717) is 13.0 Å². The third-order valence-electron chi connectivity index (χ3n) is 1.93. The van der Waals surface area contributed by atoms with Crippen molar-refractivity contribution >= 4 is 11.8 Å². The van der Waals surface area contributed by atoms with Crippen molar-refractivity contribution in [2.45, 2.75) is 40.0 Å². The van der Waals surface area contributed by atoms with Crippen molar-refractivity contribution in [3.63, 3.8) is 0 Å². The number of carbonyl (C=O) groups excluding carboxylic acids is 2. The van der Waals surface area contributed by atoms with Gasteiger partial charge in [0.1, 0.15) is 11.7 Å². The summed E-state index contributed by atoms with van der Waals surface area (Å²) in [5.74, 6) is -1.04. The highest BCUT2D eigenvalue weighted by Crippen LogP contribution is 2.03. The molecule has 1 atom stereocenters. The molecule has 13 heavy (non-hydrogen) atoms. The minimum Gasteiger partial charge on any atom is -0.465 e. The molecule has 0 rings (SSSR count). The predicted molar refractivity (Wildman–Crippen MR) is 50.3 cm³/mol. The molecule has 76 valence electrons. The van der Waals surface area contributed by atoms with Crippen LogP contribution in [0, 0.1) is 5.92 Å². The average Bonchev–Trinajstić information content (AvgIpc) is 2.15. The van der Waals surface area contributed by atoms with Gasteiger partial charge in [0.2, 0.25) is 0 Å². The first-order valence-corrected chi connectivity index (χ1v) is 4.82. The van der Waals surface area contributed by atoms with Crippen molar-refractivity contribution in [2.75, 3.05) is 6.61 Å². The number of Topliss-reactive ketones (excluding diaryl/α,β-unsaturated/α-hetero) is 1. The summed E-state index contributed by atoms with van der Waals surface area (Å²) in [5, 5.41) is 0. The van der Waals surface area contributed by atoms with E-state index in [2.05, 4.69) is 0 Å². The topological polar surface area (TPSA) is 43.4 Å². The zero-order chi connectivity index (χ0) is 10.3. The number of esters is 1. The minimum atomic E-state index is -0.596. The van der Waals surface area contributed by atoms with E-state index < -0.39 is 5.92 Å². The number of hydrogen-bond acceptors (Lipinski definition) is 3. The lowest BCUT2D eigenvalue weighted by molar-refractivity contribution is -0.151. The molecule has 0 fully saturated rings. The Hall–Kier alpha value is -0.860. The maximum atomic E-state index is 11.2. The Bertz CT molecular complexity index is 175. The largest absolute Gasteiger partial charge is 0.465 e. The lowest BCUT2D eigenvalue weighted by atomic mass is 10.1. The lowest BCUT2D eigenvalue weighted by Gasteiger charge is -2.08. The summed E-state index contributed by atoms with van der Waals surface area (Å²) in [4.78, 5) is 22.3. The molecule has 0 aromatic carbocycles. The molecule has 0 amide bonds. The zero-order valence-electron chi connectivity index (χ0n) is 8.63. The molecule has 0 aliphatic heterocycles. The summed E-state index contributed by atoms with van der Waals surface area (Å²) in [7, 11) is 0. The smallest absolute Gasteiger partial charge is 0.316 e. The molecule has 0 radical (unpaired) electrons. The zero-order valence-corrected chi connectivity index (χ0v) is 8.63. The lowest BCUT2D eigenvalue weighted by Crippen LogP contribution is -2.23. The number of ether oxygens (including phenoxy) is 1. The van der Waals surface area contributed by atoms with Crippen molar-refractivity contribution in [3.05, 3.63) is 0 Å². The van der Waals surface area contributed by atoms with Gasteiger partial charge >= 0.3 is 5.97 Å². The monoisotopic (exact) mass is 186 g/mol. The molecule has 0 aliphatic carbocycles. The second-order valence-corrected chi connectivity index (χ2v) is 3.06. The van der Waals surface area contributed by atoms with Crippen LogP contribution in [0.2, 0.25) is 0 Å². The summed E-state index contributed by atoms with van der Waals surface area (Å²) in [6.45, 7) is 5.80. The SMILES string of the molecule is CCCCOC(=O)C(C)C(=O)CC. The van der Waals surface area contributed by atoms with Gasteiger partial charge in [0.25, 0.3) is 0 Å². The molecule has 0 spiro atoms. The van der Waals surface area contributed by atoms with Crippen LogP contribution in [0.15, 0.2) is 0 Å². The van der Waals surface area contributed by atoms with Crippen LogP contribution >= 0.6 is 0 Å². The number of rotatable bonds is 6. The Morgan fingerprint density at radius 3 is 2.38 bits per heavy atom. The Morgan fingerprint density at radius 1 is 1.31 bits per heavy atom. The molecular formula is C10H18O3. The molecule has 0 saturated heterocycles. The van der Waals surface area contributed by atoms with Crippen molar-refractivity contribution in [1.82, 2.24) is 0 Å². The van der Waals surface area contributed by atoms with Crippen molar-refractivity contribution in [3.8, 4) is 0 Å². The third-order valence-corrected chi connectivity index (χ3v) is 1.93. The second-order valence-electron chi connectivity index (χ2n) is 3.06. The van der Waals surface area contributed by atoms with Crippen LogP contribution in [0.25, 0.3) is 0 Å². The van der Waals surface area contributed by atoms with Gasteiger partial charge in [0, 0.05) is 6.42 Å². The molecule has 0 aromatic heterocycles. The average molecular weight is 186 g/mol. The first kappa shape index (κ1) is 12.1. The van der Waals surface area contributed by atoms with E-state index in [9.17, 15) is 9.59 Å². The Balaban J connectivity index is 3.76. The fraction of sp³-hybridized carbons (Fsp3) is 0.800. The van der Waals surface area contributed by atoms with Gasteiger partial charge in [-0.05, 0) is 13.3 Å². The van der Waals surface area contributed by atoms with Crippen LogP contribution in [0.4, 0.5) is 0 Å². The number of unbranched alkanes of at least 4 members (excludes halogenated alkanes) is 1. The Morgan fingerprint density at radius 2 is 1.92 bits per heavy atom. The minimum absolute atomic E-state index is 0.0542. The van der Waals surface area contributed by atoms with Gasteiger partial charge in [-0.3, -0.25) is 9.59 Å². The van der Waals surface area contributed by atoms with Crippen LogP contribution in [-0.2, 0) is 14.3 Å². The van der Waals surface area contributed by atoms with E-state index in [0.717, 1.165) is 12.8 Å². The maximum absolute atomic E-state index is 11.2. The molecule has 3 nitrogen and oxygen atoms in total. The van der Waals surface area contributed by atoms with Crippen molar-refractivity contribution < 1.29 is 14.3 Å². The number of ketones is 1. The van der Waals surface area contributed by atoms with Gasteiger partial charge in [0.05, 0.1) is 6.61 Å². The Kier molecular flexibility index (Phi) is 6.20. The van der Waals surface area contributed by atoms with Crippen LogP contribution < -0.4 is 0 Å². The van der Waals surface area contributed by atoms with Crippen LogP contribution in [-0.4, -0.2) is 18.4 Å². The standard InChI is InChI=1S/C10H18O3/c1-4-6-7-13-10(12)8(3)9(11)5-2/h8H,4-7H2,1-3H3. The molecule has 0 N–H and O–H groups in total. The van der Waals surface area contributed by atoms with Crippen molar-refractivity contribution in [2.24, 2.45) is 5.92 Å². The number of hydrogen-bond donors (Lipinski definition) is 0. The van der Waals surface area contributed by atoms with E-state index in [4.69, 9.17) is 4.74 Å². The second kappa shape index (κ2) is 6.63. The maximum Gasteiger partial charge on any atom is 0.316 e. The predicted octanol–water partition coefficient (Wildman–Crippen LogP) is 1.94. The van der Waals surface area contributed by atoms with E-state index in [1.54, 1.807) is 13.8 Å². The summed E-state index contributed by atoms with van der Waals surface area (Å²) in [6, 6.07) is 0. The molecule has 3 heteroatoms. The van der Waals surface area contributed by atoms with E-state index in [1.165, 1.54) is 0 Å². The van der Waals surface area contributed by atoms with Crippen molar-refractivity contribution in [1.29, 1.82) is 0 Å². The van der Waals surface area contributed by atoms with Gasteiger partial charge in [0.15, 0.2) is 0 Å². The normalized spacial score (nSPS) is 12.2. The molecule has 0 aliphatic rings. The molecule has 0 saturated carbocycles.